The lowest BCUT2D eigenvalue weighted by Crippen LogP contribution is -2.09. The van der Waals surface area contributed by atoms with Crippen molar-refractivity contribution >= 4 is 6.29 Å². The second kappa shape index (κ2) is 3.51. The van der Waals surface area contributed by atoms with Gasteiger partial charge in [-0.25, -0.2) is 0 Å². The van der Waals surface area contributed by atoms with Crippen LogP contribution in [-0.4, -0.2) is 6.29 Å². The number of aldehydes is 1. The minimum atomic E-state index is 0.158. The fraction of sp³-hybridized carbons (Fsp3) is 0.500. The summed E-state index contributed by atoms with van der Waals surface area (Å²) in [7, 11) is 0. The van der Waals surface area contributed by atoms with Gasteiger partial charge < -0.3 is 4.79 Å². The Morgan fingerprint density at radius 2 is 2.27 bits per heavy atom. The molecule has 1 nitrogen and oxygen atoms in total. The SMILES string of the molecule is C=C(C)C1C=CC(C=O)CC1. The molecule has 0 heterocycles. The summed E-state index contributed by atoms with van der Waals surface area (Å²) in [5.74, 6) is 0.664. The van der Waals surface area contributed by atoms with Crippen molar-refractivity contribution in [2.24, 2.45) is 11.8 Å². The molecular formula is C10H14O. The summed E-state index contributed by atoms with van der Waals surface area (Å²) in [6.45, 7) is 5.93. The van der Waals surface area contributed by atoms with Gasteiger partial charge in [-0.2, -0.15) is 0 Å². The number of allylic oxidation sites excluding steroid dienone is 3. The van der Waals surface area contributed by atoms with Crippen LogP contribution in [-0.2, 0) is 4.79 Å². The van der Waals surface area contributed by atoms with E-state index in [0.29, 0.717) is 5.92 Å². The molecule has 0 aromatic heterocycles. The van der Waals surface area contributed by atoms with Gasteiger partial charge in [0.25, 0.3) is 0 Å². The monoisotopic (exact) mass is 150 g/mol. The molecule has 1 rings (SSSR count). The van der Waals surface area contributed by atoms with E-state index in [1.165, 1.54) is 5.57 Å². The van der Waals surface area contributed by atoms with E-state index >= 15 is 0 Å². The molecule has 0 saturated heterocycles. The molecule has 11 heavy (non-hydrogen) atoms. The third-order valence-electron chi connectivity index (χ3n) is 2.21. The molecule has 0 bridgehead atoms. The smallest absolute Gasteiger partial charge is 0.126 e. The summed E-state index contributed by atoms with van der Waals surface area (Å²) in [5.41, 5.74) is 1.20. The molecule has 2 unspecified atom stereocenters. The Bertz CT molecular complexity index is 191. The molecule has 2 atom stereocenters. The van der Waals surface area contributed by atoms with E-state index in [2.05, 4.69) is 12.7 Å². The van der Waals surface area contributed by atoms with Crippen molar-refractivity contribution in [3.63, 3.8) is 0 Å². The predicted octanol–water partition coefficient (Wildman–Crippen LogP) is 2.34. The molecule has 0 radical (unpaired) electrons. The van der Waals surface area contributed by atoms with Crippen molar-refractivity contribution in [2.75, 3.05) is 0 Å². The first kappa shape index (κ1) is 8.25. The first-order chi connectivity index (χ1) is 5.24. The summed E-state index contributed by atoms with van der Waals surface area (Å²) in [6.07, 6.45) is 7.18. The van der Waals surface area contributed by atoms with Gasteiger partial charge in [-0.15, -0.1) is 0 Å². The third-order valence-corrected chi connectivity index (χ3v) is 2.21. The van der Waals surface area contributed by atoms with Crippen LogP contribution in [0.1, 0.15) is 19.8 Å². The maximum Gasteiger partial charge on any atom is 0.126 e. The summed E-state index contributed by atoms with van der Waals surface area (Å²) < 4.78 is 0. The highest BCUT2D eigenvalue weighted by Crippen LogP contribution is 2.25. The number of hydrogen-bond acceptors (Lipinski definition) is 1. The minimum absolute atomic E-state index is 0.158. The Balaban J connectivity index is 2.55. The number of hydrogen-bond donors (Lipinski definition) is 0. The summed E-state index contributed by atoms with van der Waals surface area (Å²) >= 11 is 0. The molecule has 0 fully saturated rings. The first-order valence-corrected chi connectivity index (χ1v) is 4.03. The zero-order valence-electron chi connectivity index (χ0n) is 6.92. The first-order valence-electron chi connectivity index (χ1n) is 4.03. The summed E-state index contributed by atoms with van der Waals surface area (Å²) in [5, 5.41) is 0. The van der Waals surface area contributed by atoms with E-state index in [9.17, 15) is 4.79 Å². The van der Waals surface area contributed by atoms with Gasteiger partial charge in [0.1, 0.15) is 6.29 Å². The van der Waals surface area contributed by atoms with Crippen LogP contribution in [0.3, 0.4) is 0 Å². The van der Waals surface area contributed by atoms with Crippen molar-refractivity contribution in [3.8, 4) is 0 Å². The van der Waals surface area contributed by atoms with Crippen LogP contribution in [0.5, 0.6) is 0 Å². The second-order valence-electron chi connectivity index (χ2n) is 3.22. The highest BCUT2D eigenvalue weighted by molar-refractivity contribution is 5.56. The fourth-order valence-corrected chi connectivity index (χ4v) is 1.37. The molecule has 0 aromatic rings. The Kier molecular flexibility index (Phi) is 2.64. The zero-order chi connectivity index (χ0) is 8.27. The summed E-state index contributed by atoms with van der Waals surface area (Å²) in [6, 6.07) is 0. The molecule has 0 aliphatic heterocycles. The quantitative estimate of drug-likeness (QED) is 0.436. The second-order valence-corrected chi connectivity index (χ2v) is 3.22. The van der Waals surface area contributed by atoms with E-state index in [0.717, 1.165) is 19.1 Å². The van der Waals surface area contributed by atoms with Gasteiger partial charge in [0.15, 0.2) is 0 Å². The van der Waals surface area contributed by atoms with Crippen LogP contribution < -0.4 is 0 Å². The lowest BCUT2D eigenvalue weighted by molar-refractivity contribution is -0.110. The van der Waals surface area contributed by atoms with Crippen molar-refractivity contribution in [1.82, 2.24) is 0 Å². The van der Waals surface area contributed by atoms with Crippen molar-refractivity contribution < 1.29 is 4.79 Å². The lowest BCUT2D eigenvalue weighted by Gasteiger charge is -2.19. The van der Waals surface area contributed by atoms with E-state index in [-0.39, 0.29) is 5.92 Å². The number of rotatable bonds is 2. The Labute approximate surface area is 67.8 Å². The van der Waals surface area contributed by atoms with Crippen molar-refractivity contribution in [1.29, 1.82) is 0 Å². The fourth-order valence-electron chi connectivity index (χ4n) is 1.37. The average Bonchev–Trinajstić information content (AvgIpc) is 2.05. The van der Waals surface area contributed by atoms with Crippen LogP contribution in [0.15, 0.2) is 24.3 Å². The van der Waals surface area contributed by atoms with Crippen LogP contribution in [0.25, 0.3) is 0 Å². The zero-order valence-corrected chi connectivity index (χ0v) is 6.92. The van der Waals surface area contributed by atoms with Crippen LogP contribution in [0.4, 0.5) is 0 Å². The van der Waals surface area contributed by atoms with Gasteiger partial charge >= 0.3 is 0 Å². The molecule has 0 N–H and O–H groups in total. The van der Waals surface area contributed by atoms with Crippen LogP contribution >= 0.6 is 0 Å². The number of carbonyl (C=O) groups excluding carboxylic acids is 1. The molecule has 0 aromatic carbocycles. The van der Waals surface area contributed by atoms with Gasteiger partial charge in [-0.1, -0.05) is 24.3 Å². The Morgan fingerprint density at radius 3 is 2.64 bits per heavy atom. The maximum atomic E-state index is 10.4. The highest BCUT2D eigenvalue weighted by Gasteiger charge is 2.14. The topological polar surface area (TPSA) is 17.1 Å². The predicted molar refractivity (Wildman–Crippen MR) is 46.2 cm³/mol. The molecule has 60 valence electrons. The standard InChI is InChI=1S/C10H14O/c1-8(2)10-5-3-9(7-11)4-6-10/h3,5,7,9-10H,1,4,6H2,2H3. The van der Waals surface area contributed by atoms with E-state index < -0.39 is 0 Å². The Hall–Kier alpha value is -0.850. The lowest BCUT2D eigenvalue weighted by atomic mass is 9.86. The van der Waals surface area contributed by atoms with E-state index in [1.807, 2.05) is 13.0 Å². The van der Waals surface area contributed by atoms with Crippen molar-refractivity contribution in [2.45, 2.75) is 19.8 Å². The van der Waals surface area contributed by atoms with Gasteiger partial charge in [0.2, 0.25) is 0 Å². The van der Waals surface area contributed by atoms with E-state index in [1.54, 1.807) is 0 Å². The molecule has 0 amide bonds. The molecule has 1 aliphatic carbocycles. The normalized spacial score (nSPS) is 29.9. The van der Waals surface area contributed by atoms with Crippen molar-refractivity contribution in [3.05, 3.63) is 24.3 Å². The van der Waals surface area contributed by atoms with Gasteiger partial charge in [-0.3, -0.25) is 0 Å². The largest absolute Gasteiger partial charge is 0.303 e. The molecule has 1 heteroatoms. The van der Waals surface area contributed by atoms with Crippen LogP contribution in [0, 0.1) is 11.8 Å². The highest BCUT2D eigenvalue weighted by atomic mass is 16.1. The average molecular weight is 150 g/mol. The number of carbonyl (C=O) groups is 1. The Morgan fingerprint density at radius 1 is 1.55 bits per heavy atom. The maximum absolute atomic E-state index is 10.4. The van der Waals surface area contributed by atoms with Gasteiger partial charge in [0.05, 0.1) is 0 Å². The van der Waals surface area contributed by atoms with Gasteiger partial charge in [-0.05, 0) is 25.7 Å². The molecule has 0 spiro atoms. The third kappa shape index (κ3) is 2.04. The molecule has 1 aliphatic rings. The molecular weight excluding hydrogens is 136 g/mol. The van der Waals surface area contributed by atoms with Gasteiger partial charge in [0, 0.05) is 5.92 Å². The van der Waals surface area contributed by atoms with Crippen LogP contribution in [0.2, 0.25) is 0 Å². The molecule has 0 saturated carbocycles. The van der Waals surface area contributed by atoms with E-state index in [4.69, 9.17) is 0 Å². The minimum Gasteiger partial charge on any atom is -0.303 e. The summed E-state index contributed by atoms with van der Waals surface area (Å²) in [4.78, 5) is 10.4.